The van der Waals surface area contributed by atoms with E-state index in [4.69, 9.17) is 0 Å². The molecule has 2 atom stereocenters. The van der Waals surface area contributed by atoms with Crippen molar-refractivity contribution in [2.24, 2.45) is 7.05 Å². The van der Waals surface area contributed by atoms with Gasteiger partial charge in [0.05, 0.1) is 24.4 Å². The Morgan fingerprint density at radius 1 is 1.57 bits per heavy atom. The number of nitrogens with one attached hydrogen (secondary N) is 1. The maximum Gasteiger partial charge on any atom is 0.208 e. The largest absolute Gasteiger partial charge is 0.389 e. The molecule has 0 aliphatic carbocycles. The molecule has 1 aliphatic heterocycles. The third-order valence-corrected chi connectivity index (χ3v) is 4.52. The summed E-state index contributed by atoms with van der Waals surface area (Å²) in [6, 6.07) is 0. The lowest BCUT2D eigenvalue weighted by Gasteiger charge is -2.42. The number of aliphatic hydroxyl groups excluding tert-OH is 1. The van der Waals surface area contributed by atoms with Gasteiger partial charge in [0.25, 0.3) is 0 Å². The maximum atomic E-state index is 11.1. The zero-order valence-corrected chi connectivity index (χ0v) is 13.0. The smallest absolute Gasteiger partial charge is 0.208 e. The summed E-state index contributed by atoms with van der Waals surface area (Å²) in [6.45, 7) is 1.31. The topological polar surface area (TPSA) is 108 Å². The van der Waals surface area contributed by atoms with E-state index in [1.165, 1.54) is 0 Å². The predicted octanol–water partition coefficient (Wildman–Crippen LogP) is -1.73. The predicted molar refractivity (Wildman–Crippen MR) is 76.9 cm³/mol. The van der Waals surface area contributed by atoms with Crippen molar-refractivity contribution < 1.29 is 18.6 Å². The molecule has 0 bridgehead atoms. The molecule has 3 N–H and O–H groups in total. The number of aromatic nitrogens is 2. The van der Waals surface area contributed by atoms with Crippen LogP contribution in [0.3, 0.4) is 0 Å². The highest BCUT2D eigenvalue weighted by atomic mass is 32.2. The van der Waals surface area contributed by atoms with Crippen LogP contribution in [0.15, 0.2) is 12.5 Å². The van der Waals surface area contributed by atoms with Crippen molar-refractivity contribution >= 4 is 10.0 Å². The normalized spacial score (nSPS) is 27.9. The van der Waals surface area contributed by atoms with Gasteiger partial charge in [-0.1, -0.05) is 0 Å². The van der Waals surface area contributed by atoms with E-state index in [1.807, 2.05) is 16.5 Å². The van der Waals surface area contributed by atoms with Gasteiger partial charge in [0.15, 0.2) is 0 Å². The molecule has 1 aliphatic rings. The average Bonchev–Trinajstić information content (AvgIpc) is 2.77. The van der Waals surface area contributed by atoms with Gasteiger partial charge in [-0.3, -0.25) is 4.90 Å². The van der Waals surface area contributed by atoms with Gasteiger partial charge in [-0.2, -0.15) is 0 Å². The molecule has 120 valence electrons. The fourth-order valence-corrected chi connectivity index (χ4v) is 2.91. The second kappa shape index (κ2) is 6.01. The first kappa shape index (κ1) is 16.4. The van der Waals surface area contributed by atoms with Crippen LogP contribution >= 0.6 is 0 Å². The first-order valence-corrected chi connectivity index (χ1v) is 8.61. The zero-order valence-electron chi connectivity index (χ0n) is 12.2. The van der Waals surface area contributed by atoms with Crippen LogP contribution in [0.2, 0.25) is 0 Å². The van der Waals surface area contributed by atoms with Gasteiger partial charge < -0.3 is 14.8 Å². The Morgan fingerprint density at radius 2 is 2.29 bits per heavy atom. The summed E-state index contributed by atoms with van der Waals surface area (Å²) in [7, 11) is -1.49. The van der Waals surface area contributed by atoms with E-state index in [-0.39, 0.29) is 13.1 Å². The van der Waals surface area contributed by atoms with Crippen LogP contribution in [-0.4, -0.2) is 70.7 Å². The first-order valence-electron chi connectivity index (χ1n) is 6.72. The number of aryl methyl sites for hydroxylation is 1. The lowest BCUT2D eigenvalue weighted by molar-refractivity contribution is -0.116. The van der Waals surface area contributed by atoms with Gasteiger partial charge >= 0.3 is 0 Å². The third kappa shape index (κ3) is 4.24. The fourth-order valence-electron chi connectivity index (χ4n) is 2.40. The van der Waals surface area contributed by atoms with Crippen LogP contribution in [0.4, 0.5) is 0 Å². The summed E-state index contributed by atoms with van der Waals surface area (Å²) >= 11 is 0. The average molecular weight is 318 g/mol. The second-order valence-corrected chi connectivity index (χ2v) is 7.53. The van der Waals surface area contributed by atoms with Crippen LogP contribution in [0.1, 0.15) is 12.1 Å². The number of aliphatic hydroxyl groups is 2. The van der Waals surface area contributed by atoms with Crippen molar-refractivity contribution in [3.63, 3.8) is 0 Å². The van der Waals surface area contributed by atoms with Gasteiger partial charge in [0.1, 0.15) is 5.60 Å². The molecule has 21 heavy (non-hydrogen) atoms. The monoisotopic (exact) mass is 318 g/mol. The van der Waals surface area contributed by atoms with Crippen molar-refractivity contribution in [2.75, 3.05) is 25.9 Å². The SMILES string of the molecule is Cn1cncc1CN1CC[C@@](O)(CNS(C)(=O)=O)[C@H](O)C1. The molecule has 0 spiro atoms. The molecule has 8 nitrogen and oxygen atoms in total. The quantitative estimate of drug-likeness (QED) is 0.595. The molecule has 0 unspecified atom stereocenters. The molecular formula is C12H22N4O4S. The van der Waals surface area contributed by atoms with E-state index in [1.54, 1.807) is 12.5 Å². The van der Waals surface area contributed by atoms with E-state index >= 15 is 0 Å². The summed E-state index contributed by atoms with van der Waals surface area (Å²) in [5, 5.41) is 20.5. The molecule has 2 heterocycles. The Kier molecular flexibility index (Phi) is 4.69. The minimum atomic E-state index is -3.39. The van der Waals surface area contributed by atoms with Crippen LogP contribution < -0.4 is 4.72 Å². The Labute approximate surface area is 124 Å². The molecule has 1 aromatic rings. The fraction of sp³-hybridized carbons (Fsp3) is 0.750. The third-order valence-electron chi connectivity index (χ3n) is 3.85. The number of rotatable bonds is 5. The zero-order chi connectivity index (χ0) is 15.7. The molecular weight excluding hydrogens is 296 g/mol. The second-order valence-electron chi connectivity index (χ2n) is 5.69. The highest BCUT2D eigenvalue weighted by Crippen LogP contribution is 2.23. The van der Waals surface area contributed by atoms with Crippen LogP contribution in [0.25, 0.3) is 0 Å². The number of imidazole rings is 1. The summed E-state index contributed by atoms with van der Waals surface area (Å²) in [5.41, 5.74) is -0.409. The van der Waals surface area contributed by atoms with Crippen molar-refractivity contribution in [3.05, 3.63) is 18.2 Å². The molecule has 0 amide bonds. The van der Waals surface area contributed by atoms with E-state index in [2.05, 4.69) is 9.71 Å². The molecule has 9 heteroatoms. The molecule has 0 saturated carbocycles. The van der Waals surface area contributed by atoms with E-state index in [0.717, 1.165) is 11.9 Å². The van der Waals surface area contributed by atoms with Crippen molar-refractivity contribution in [1.82, 2.24) is 19.2 Å². The van der Waals surface area contributed by atoms with E-state index in [0.29, 0.717) is 19.5 Å². The van der Waals surface area contributed by atoms with Crippen molar-refractivity contribution in [3.8, 4) is 0 Å². The van der Waals surface area contributed by atoms with Gasteiger partial charge in [-0.15, -0.1) is 0 Å². The number of β-amino-alcohol motifs (C(OH)–C–C–N with tert-alkyl or cyclic N) is 1. The number of piperidine rings is 1. The molecule has 1 saturated heterocycles. The highest BCUT2D eigenvalue weighted by Gasteiger charge is 2.41. The molecule has 0 radical (unpaired) electrons. The van der Waals surface area contributed by atoms with Crippen molar-refractivity contribution in [1.29, 1.82) is 0 Å². The summed E-state index contributed by atoms with van der Waals surface area (Å²) < 4.78 is 26.4. The van der Waals surface area contributed by atoms with Gasteiger partial charge in [0, 0.05) is 39.4 Å². The molecule has 1 fully saturated rings. The minimum absolute atomic E-state index is 0.174. The Balaban J connectivity index is 1.93. The van der Waals surface area contributed by atoms with Gasteiger partial charge in [0.2, 0.25) is 10.0 Å². The van der Waals surface area contributed by atoms with Crippen LogP contribution in [0, 0.1) is 0 Å². The maximum absolute atomic E-state index is 11.1. The van der Waals surface area contributed by atoms with E-state index in [9.17, 15) is 18.6 Å². The number of hydrogen-bond acceptors (Lipinski definition) is 6. The van der Waals surface area contributed by atoms with Crippen LogP contribution in [0.5, 0.6) is 0 Å². The summed E-state index contributed by atoms with van der Waals surface area (Å²) in [6.07, 6.45) is 3.80. The Hall–Kier alpha value is -1.00. The summed E-state index contributed by atoms with van der Waals surface area (Å²) in [4.78, 5) is 6.05. The number of hydrogen-bond donors (Lipinski definition) is 3. The molecule has 2 rings (SSSR count). The number of likely N-dealkylation sites (tertiary alicyclic amines) is 1. The minimum Gasteiger partial charge on any atom is -0.389 e. The number of nitrogens with zero attached hydrogens (tertiary/aromatic N) is 3. The Morgan fingerprint density at radius 3 is 2.81 bits per heavy atom. The van der Waals surface area contributed by atoms with E-state index < -0.39 is 21.7 Å². The standard InChI is InChI=1S/C12H22N4O4S/c1-15-9-13-5-10(15)6-16-4-3-12(18,11(17)7-16)8-14-21(2,19)20/h5,9,11,14,17-18H,3-4,6-8H2,1-2H3/t11-,12-/m1/s1. The van der Waals surface area contributed by atoms with Gasteiger partial charge in [-0.25, -0.2) is 18.1 Å². The number of sulfonamides is 1. The first-order chi connectivity index (χ1) is 9.70. The van der Waals surface area contributed by atoms with Gasteiger partial charge in [-0.05, 0) is 6.42 Å². The highest BCUT2D eigenvalue weighted by molar-refractivity contribution is 7.88. The van der Waals surface area contributed by atoms with Crippen molar-refractivity contribution in [2.45, 2.75) is 24.7 Å². The lowest BCUT2D eigenvalue weighted by Crippen LogP contribution is -2.60. The Bertz CT molecular complexity index is 588. The van der Waals surface area contributed by atoms with Crippen LogP contribution in [-0.2, 0) is 23.6 Å². The lowest BCUT2D eigenvalue weighted by atomic mass is 9.88. The molecule has 1 aromatic heterocycles. The molecule has 0 aromatic carbocycles. The summed E-state index contributed by atoms with van der Waals surface area (Å²) in [5.74, 6) is 0.